The Labute approximate surface area is 102 Å². The number of rotatable bonds is 5. The summed E-state index contributed by atoms with van der Waals surface area (Å²) < 4.78 is 23.4. The Bertz CT molecular complexity index is 368. The van der Waals surface area contributed by atoms with E-state index in [1.807, 2.05) is 0 Å². The summed E-state index contributed by atoms with van der Waals surface area (Å²) in [6.07, 6.45) is 0.158. The van der Waals surface area contributed by atoms with Gasteiger partial charge in [0.25, 0.3) is 0 Å². The number of esters is 1. The van der Waals surface area contributed by atoms with Crippen LogP contribution in [0.3, 0.4) is 0 Å². The molecule has 1 aromatic carbocycles. The molecule has 0 aliphatic rings. The summed E-state index contributed by atoms with van der Waals surface area (Å²) >= 11 is 3.04. The second-order valence-corrected chi connectivity index (χ2v) is 3.83. The van der Waals surface area contributed by atoms with E-state index in [1.165, 1.54) is 6.07 Å². The molecule has 0 radical (unpaired) electrons. The predicted molar refractivity (Wildman–Crippen MR) is 60.8 cm³/mol. The van der Waals surface area contributed by atoms with Crippen LogP contribution in [0, 0.1) is 5.82 Å². The molecule has 0 atom stereocenters. The molecule has 0 spiro atoms. The van der Waals surface area contributed by atoms with Gasteiger partial charge in [-0.3, -0.25) is 4.79 Å². The summed E-state index contributed by atoms with van der Waals surface area (Å²) in [4.78, 5) is 11.0. The molecule has 0 aliphatic carbocycles. The number of hydrogen-bond acceptors (Lipinski definition) is 3. The standard InChI is InChI=1S/C11H12BrFO3/c1-2-15-11(14)5-6-16-8-3-4-9(12)10(13)7-8/h3-4,7H,2,5-6H2,1H3. The topological polar surface area (TPSA) is 35.5 Å². The fourth-order valence-electron chi connectivity index (χ4n) is 1.05. The first-order valence-electron chi connectivity index (χ1n) is 4.87. The van der Waals surface area contributed by atoms with E-state index < -0.39 is 5.82 Å². The van der Waals surface area contributed by atoms with Gasteiger partial charge in [0, 0.05) is 6.07 Å². The highest BCUT2D eigenvalue weighted by atomic mass is 79.9. The van der Waals surface area contributed by atoms with Crippen molar-refractivity contribution in [2.24, 2.45) is 0 Å². The smallest absolute Gasteiger partial charge is 0.309 e. The lowest BCUT2D eigenvalue weighted by Crippen LogP contribution is -2.09. The maximum Gasteiger partial charge on any atom is 0.309 e. The summed E-state index contributed by atoms with van der Waals surface area (Å²) in [5.74, 6) is -0.321. The summed E-state index contributed by atoms with van der Waals surface area (Å²) in [5, 5.41) is 0. The Morgan fingerprint density at radius 3 is 2.88 bits per heavy atom. The van der Waals surface area contributed by atoms with Gasteiger partial charge in [-0.05, 0) is 35.0 Å². The van der Waals surface area contributed by atoms with Gasteiger partial charge in [0.05, 0.1) is 24.1 Å². The van der Waals surface area contributed by atoms with Crippen LogP contribution in [0.5, 0.6) is 5.75 Å². The second-order valence-electron chi connectivity index (χ2n) is 2.98. The van der Waals surface area contributed by atoms with Gasteiger partial charge in [-0.25, -0.2) is 4.39 Å². The van der Waals surface area contributed by atoms with Gasteiger partial charge >= 0.3 is 5.97 Å². The van der Waals surface area contributed by atoms with Crippen LogP contribution in [0.2, 0.25) is 0 Å². The molecule has 3 nitrogen and oxygen atoms in total. The molecule has 0 fully saturated rings. The average Bonchev–Trinajstić information content (AvgIpc) is 2.24. The fourth-order valence-corrected chi connectivity index (χ4v) is 1.30. The van der Waals surface area contributed by atoms with Crippen molar-refractivity contribution in [1.29, 1.82) is 0 Å². The normalized spacial score (nSPS) is 9.94. The highest BCUT2D eigenvalue weighted by Crippen LogP contribution is 2.20. The van der Waals surface area contributed by atoms with Crippen LogP contribution in [0.25, 0.3) is 0 Å². The lowest BCUT2D eigenvalue weighted by Gasteiger charge is -2.06. The summed E-state index contributed by atoms with van der Waals surface area (Å²) in [5.41, 5.74) is 0. The first-order valence-corrected chi connectivity index (χ1v) is 5.66. The van der Waals surface area contributed by atoms with Gasteiger partial charge in [0.2, 0.25) is 0 Å². The van der Waals surface area contributed by atoms with Crippen LogP contribution >= 0.6 is 15.9 Å². The molecule has 1 rings (SSSR count). The molecular formula is C11H12BrFO3. The first-order chi connectivity index (χ1) is 7.63. The molecule has 88 valence electrons. The van der Waals surface area contributed by atoms with E-state index in [2.05, 4.69) is 15.9 Å². The molecule has 0 heterocycles. The van der Waals surface area contributed by atoms with Crippen LogP contribution in [-0.4, -0.2) is 19.2 Å². The predicted octanol–water partition coefficient (Wildman–Crippen LogP) is 2.92. The van der Waals surface area contributed by atoms with Gasteiger partial charge < -0.3 is 9.47 Å². The van der Waals surface area contributed by atoms with Crippen molar-refractivity contribution in [2.75, 3.05) is 13.2 Å². The van der Waals surface area contributed by atoms with Crippen molar-refractivity contribution in [3.05, 3.63) is 28.5 Å². The molecule has 0 saturated carbocycles. The Kier molecular flexibility index (Phi) is 5.25. The van der Waals surface area contributed by atoms with Crippen molar-refractivity contribution in [1.82, 2.24) is 0 Å². The van der Waals surface area contributed by atoms with Crippen LogP contribution in [0.4, 0.5) is 4.39 Å². The third kappa shape index (κ3) is 4.18. The van der Waals surface area contributed by atoms with Crippen LogP contribution in [0.15, 0.2) is 22.7 Å². The van der Waals surface area contributed by atoms with Gasteiger partial charge in [-0.15, -0.1) is 0 Å². The molecule has 0 aliphatic heterocycles. The number of ether oxygens (including phenoxy) is 2. The van der Waals surface area contributed by atoms with E-state index in [0.29, 0.717) is 16.8 Å². The molecule has 0 N–H and O–H groups in total. The van der Waals surface area contributed by atoms with Crippen molar-refractivity contribution in [3.8, 4) is 5.75 Å². The molecule has 1 aromatic rings. The number of hydrogen-bond donors (Lipinski definition) is 0. The molecular weight excluding hydrogens is 279 g/mol. The minimum absolute atomic E-state index is 0.158. The van der Waals surface area contributed by atoms with Crippen molar-refractivity contribution in [2.45, 2.75) is 13.3 Å². The minimum Gasteiger partial charge on any atom is -0.493 e. The summed E-state index contributed by atoms with van der Waals surface area (Å²) in [7, 11) is 0. The Morgan fingerprint density at radius 2 is 2.25 bits per heavy atom. The zero-order chi connectivity index (χ0) is 12.0. The SMILES string of the molecule is CCOC(=O)CCOc1ccc(Br)c(F)c1. The second kappa shape index (κ2) is 6.48. The molecule has 5 heteroatoms. The van der Waals surface area contributed by atoms with E-state index in [9.17, 15) is 9.18 Å². The van der Waals surface area contributed by atoms with Crippen LogP contribution < -0.4 is 4.74 Å². The maximum atomic E-state index is 13.1. The third-order valence-corrected chi connectivity index (χ3v) is 2.41. The van der Waals surface area contributed by atoms with Gasteiger partial charge in [0.15, 0.2) is 0 Å². The maximum absolute atomic E-state index is 13.1. The van der Waals surface area contributed by atoms with Gasteiger partial charge in [-0.2, -0.15) is 0 Å². The molecule has 0 aromatic heterocycles. The number of benzene rings is 1. The van der Waals surface area contributed by atoms with Gasteiger partial charge in [0.1, 0.15) is 11.6 Å². The average molecular weight is 291 g/mol. The quantitative estimate of drug-likeness (QED) is 0.782. The molecule has 0 bridgehead atoms. The number of carbonyl (C=O) groups excluding carboxylic acids is 1. The van der Waals surface area contributed by atoms with Crippen LogP contribution in [0.1, 0.15) is 13.3 Å². The zero-order valence-electron chi connectivity index (χ0n) is 8.83. The molecule has 0 saturated heterocycles. The van der Waals surface area contributed by atoms with E-state index in [4.69, 9.17) is 9.47 Å². The van der Waals surface area contributed by atoms with E-state index in [0.717, 1.165) is 0 Å². The number of carbonyl (C=O) groups is 1. The fraction of sp³-hybridized carbons (Fsp3) is 0.364. The van der Waals surface area contributed by atoms with Crippen molar-refractivity contribution < 1.29 is 18.7 Å². The highest BCUT2D eigenvalue weighted by molar-refractivity contribution is 9.10. The largest absolute Gasteiger partial charge is 0.493 e. The summed E-state index contributed by atoms with van der Waals surface area (Å²) in [6, 6.07) is 4.43. The van der Waals surface area contributed by atoms with Crippen molar-refractivity contribution in [3.63, 3.8) is 0 Å². The Morgan fingerprint density at radius 1 is 1.50 bits per heavy atom. The van der Waals surface area contributed by atoms with E-state index in [-0.39, 0.29) is 19.0 Å². The minimum atomic E-state index is -0.395. The zero-order valence-corrected chi connectivity index (χ0v) is 10.4. The number of halogens is 2. The first kappa shape index (κ1) is 13.0. The Balaban J connectivity index is 2.37. The third-order valence-electron chi connectivity index (χ3n) is 1.77. The lowest BCUT2D eigenvalue weighted by atomic mass is 10.3. The monoisotopic (exact) mass is 290 g/mol. The highest BCUT2D eigenvalue weighted by Gasteiger charge is 2.04. The molecule has 16 heavy (non-hydrogen) atoms. The Hall–Kier alpha value is -1.10. The van der Waals surface area contributed by atoms with E-state index >= 15 is 0 Å². The van der Waals surface area contributed by atoms with Crippen molar-refractivity contribution >= 4 is 21.9 Å². The van der Waals surface area contributed by atoms with Crippen LogP contribution in [-0.2, 0) is 9.53 Å². The van der Waals surface area contributed by atoms with Gasteiger partial charge in [-0.1, -0.05) is 0 Å². The molecule has 0 amide bonds. The molecule has 0 unspecified atom stereocenters. The lowest BCUT2D eigenvalue weighted by molar-refractivity contribution is -0.143. The summed E-state index contributed by atoms with van der Waals surface area (Å²) in [6.45, 7) is 2.27. The van der Waals surface area contributed by atoms with E-state index in [1.54, 1.807) is 19.1 Å².